The van der Waals surface area contributed by atoms with Crippen molar-refractivity contribution < 1.29 is 4.39 Å². The molecule has 0 spiro atoms. The second kappa shape index (κ2) is 5.22. The average Bonchev–Trinajstić information content (AvgIpc) is 2.65. The van der Waals surface area contributed by atoms with Crippen molar-refractivity contribution in [2.24, 2.45) is 5.73 Å². The van der Waals surface area contributed by atoms with Gasteiger partial charge in [0.2, 0.25) is 0 Å². The van der Waals surface area contributed by atoms with Crippen molar-refractivity contribution in [3.8, 4) is 0 Å². The number of nitrogens with two attached hydrogens (primary N) is 1. The maximum Gasteiger partial charge on any atom is 0.126 e. The molecule has 2 fully saturated rings. The molecule has 3 unspecified atom stereocenters. The summed E-state index contributed by atoms with van der Waals surface area (Å²) in [7, 11) is 0. The van der Waals surface area contributed by atoms with Gasteiger partial charge in [-0.3, -0.25) is 4.90 Å². The lowest BCUT2D eigenvalue weighted by Gasteiger charge is -2.41. The van der Waals surface area contributed by atoms with Gasteiger partial charge in [-0.25, -0.2) is 4.39 Å². The van der Waals surface area contributed by atoms with Gasteiger partial charge in [0.05, 0.1) is 0 Å². The Bertz CT molecular complexity index is 434. The smallest absolute Gasteiger partial charge is 0.126 e. The molecule has 2 aliphatic rings. The van der Waals surface area contributed by atoms with E-state index >= 15 is 0 Å². The second-order valence-electron chi connectivity index (χ2n) is 6.21. The molecule has 3 heteroatoms. The first-order valence-electron chi connectivity index (χ1n) is 7.41. The zero-order valence-electron chi connectivity index (χ0n) is 11.6. The van der Waals surface area contributed by atoms with Crippen molar-refractivity contribution in [1.29, 1.82) is 0 Å². The molecule has 2 bridgehead atoms. The van der Waals surface area contributed by atoms with Gasteiger partial charge in [-0.2, -0.15) is 0 Å². The summed E-state index contributed by atoms with van der Waals surface area (Å²) in [5, 5.41) is 0. The Morgan fingerprint density at radius 3 is 2.53 bits per heavy atom. The van der Waals surface area contributed by atoms with Crippen LogP contribution in [-0.4, -0.2) is 29.1 Å². The molecule has 3 atom stereocenters. The molecule has 2 N–H and O–H groups in total. The highest BCUT2D eigenvalue weighted by atomic mass is 19.1. The molecule has 0 aromatic heterocycles. The summed E-state index contributed by atoms with van der Waals surface area (Å²) in [6, 6.07) is 9.16. The van der Waals surface area contributed by atoms with Gasteiger partial charge in [0.15, 0.2) is 0 Å². The lowest BCUT2D eigenvalue weighted by atomic mass is 9.94. The standard InChI is InChI=1S/C16H23FN2/c1-11(8-12-4-2-3-5-16(12)17)19-14-6-7-15(19)10-13(18)9-14/h2-5,11,13-15H,6-10,18H2,1H3. The average molecular weight is 262 g/mol. The fourth-order valence-electron chi connectivity index (χ4n) is 4.06. The highest BCUT2D eigenvalue weighted by Crippen LogP contribution is 2.37. The monoisotopic (exact) mass is 262 g/mol. The third kappa shape index (κ3) is 2.54. The number of benzene rings is 1. The molecular weight excluding hydrogens is 239 g/mol. The molecule has 0 saturated carbocycles. The lowest BCUT2D eigenvalue weighted by molar-refractivity contribution is 0.0851. The van der Waals surface area contributed by atoms with Gasteiger partial charge in [-0.1, -0.05) is 18.2 Å². The van der Waals surface area contributed by atoms with Gasteiger partial charge in [0.25, 0.3) is 0 Å². The molecule has 0 amide bonds. The van der Waals surface area contributed by atoms with E-state index in [-0.39, 0.29) is 5.82 Å². The Morgan fingerprint density at radius 1 is 1.26 bits per heavy atom. The molecule has 0 aliphatic carbocycles. The van der Waals surface area contributed by atoms with Crippen LogP contribution in [0.2, 0.25) is 0 Å². The number of hydrogen-bond acceptors (Lipinski definition) is 2. The van der Waals surface area contributed by atoms with Gasteiger partial charge in [-0.05, 0) is 50.7 Å². The van der Waals surface area contributed by atoms with Crippen LogP contribution in [0, 0.1) is 5.82 Å². The van der Waals surface area contributed by atoms with Crippen molar-refractivity contribution >= 4 is 0 Å². The predicted molar refractivity (Wildman–Crippen MR) is 75.4 cm³/mol. The second-order valence-corrected chi connectivity index (χ2v) is 6.21. The van der Waals surface area contributed by atoms with Crippen LogP contribution in [0.25, 0.3) is 0 Å². The zero-order valence-corrected chi connectivity index (χ0v) is 11.6. The highest BCUT2D eigenvalue weighted by Gasteiger charge is 2.41. The largest absolute Gasteiger partial charge is 0.328 e. The van der Waals surface area contributed by atoms with Gasteiger partial charge in [0, 0.05) is 24.2 Å². The SMILES string of the molecule is CC(Cc1ccccc1F)N1C2CCC1CC(N)C2. The predicted octanol–water partition coefficient (Wildman–Crippen LogP) is 2.71. The van der Waals surface area contributed by atoms with E-state index in [4.69, 9.17) is 5.73 Å². The fourth-order valence-corrected chi connectivity index (χ4v) is 4.06. The third-order valence-corrected chi connectivity index (χ3v) is 4.81. The third-order valence-electron chi connectivity index (χ3n) is 4.81. The van der Waals surface area contributed by atoms with Crippen molar-refractivity contribution in [3.05, 3.63) is 35.6 Å². The quantitative estimate of drug-likeness (QED) is 0.907. The minimum Gasteiger partial charge on any atom is -0.328 e. The van der Waals surface area contributed by atoms with E-state index < -0.39 is 0 Å². The number of halogens is 1. The normalized spacial score (nSPS) is 32.5. The number of piperidine rings is 1. The molecule has 1 aromatic carbocycles. The molecule has 2 nitrogen and oxygen atoms in total. The van der Waals surface area contributed by atoms with Crippen LogP contribution in [-0.2, 0) is 6.42 Å². The number of hydrogen-bond donors (Lipinski definition) is 1. The van der Waals surface area contributed by atoms with Crippen LogP contribution in [0.4, 0.5) is 4.39 Å². The maximum absolute atomic E-state index is 13.8. The Labute approximate surface area is 114 Å². The molecule has 2 heterocycles. The van der Waals surface area contributed by atoms with Crippen LogP contribution in [0.3, 0.4) is 0 Å². The minimum absolute atomic E-state index is 0.0737. The van der Waals surface area contributed by atoms with E-state index in [1.54, 1.807) is 12.1 Å². The number of rotatable bonds is 3. The van der Waals surface area contributed by atoms with E-state index in [1.165, 1.54) is 12.8 Å². The summed E-state index contributed by atoms with van der Waals surface area (Å²) in [6.45, 7) is 2.23. The molecule has 1 aromatic rings. The summed E-state index contributed by atoms with van der Waals surface area (Å²) in [5.41, 5.74) is 6.95. The van der Waals surface area contributed by atoms with Gasteiger partial charge in [0.1, 0.15) is 5.82 Å². The lowest BCUT2D eigenvalue weighted by Crippen LogP contribution is -2.51. The Kier molecular flexibility index (Phi) is 3.59. The summed E-state index contributed by atoms with van der Waals surface area (Å²) in [5.74, 6) is -0.0737. The van der Waals surface area contributed by atoms with Gasteiger partial charge >= 0.3 is 0 Å². The molecule has 0 radical (unpaired) electrons. The Balaban J connectivity index is 1.71. The van der Waals surface area contributed by atoms with Crippen molar-refractivity contribution in [1.82, 2.24) is 4.90 Å². The van der Waals surface area contributed by atoms with Crippen LogP contribution in [0.1, 0.15) is 38.2 Å². The van der Waals surface area contributed by atoms with Crippen LogP contribution >= 0.6 is 0 Å². The summed E-state index contributed by atoms with van der Waals surface area (Å²) in [6.07, 6.45) is 5.55. The first kappa shape index (κ1) is 13.1. The zero-order chi connectivity index (χ0) is 13.4. The van der Waals surface area contributed by atoms with Crippen LogP contribution < -0.4 is 5.73 Å². The van der Waals surface area contributed by atoms with E-state index in [0.29, 0.717) is 24.2 Å². The summed E-state index contributed by atoms with van der Waals surface area (Å²) < 4.78 is 13.8. The fraction of sp³-hybridized carbons (Fsp3) is 0.625. The first-order valence-corrected chi connectivity index (χ1v) is 7.41. The highest BCUT2D eigenvalue weighted by molar-refractivity contribution is 5.18. The number of nitrogens with zero attached hydrogens (tertiary/aromatic N) is 1. The molecule has 2 aliphatic heterocycles. The maximum atomic E-state index is 13.8. The molecule has 3 rings (SSSR count). The van der Waals surface area contributed by atoms with Crippen LogP contribution in [0.5, 0.6) is 0 Å². The van der Waals surface area contributed by atoms with Crippen molar-refractivity contribution in [2.45, 2.75) is 63.2 Å². The van der Waals surface area contributed by atoms with Gasteiger partial charge < -0.3 is 5.73 Å². The van der Waals surface area contributed by atoms with E-state index in [9.17, 15) is 4.39 Å². The van der Waals surface area contributed by atoms with E-state index in [0.717, 1.165) is 24.8 Å². The Hall–Kier alpha value is -0.930. The number of fused-ring (bicyclic) bond motifs is 2. The molecule has 19 heavy (non-hydrogen) atoms. The van der Waals surface area contributed by atoms with E-state index in [1.807, 2.05) is 12.1 Å². The van der Waals surface area contributed by atoms with Gasteiger partial charge in [-0.15, -0.1) is 0 Å². The Morgan fingerprint density at radius 2 is 1.89 bits per heavy atom. The van der Waals surface area contributed by atoms with Crippen molar-refractivity contribution in [2.75, 3.05) is 0 Å². The molecular formula is C16H23FN2. The summed E-state index contributed by atoms with van der Waals surface area (Å²) >= 11 is 0. The van der Waals surface area contributed by atoms with E-state index in [2.05, 4.69) is 11.8 Å². The molecule has 2 saturated heterocycles. The summed E-state index contributed by atoms with van der Waals surface area (Å²) in [4.78, 5) is 2.61. The molecule has 104 valence electrons. The van der Waals surface area contributed by atoms with Crippen LogP contribution in [0.15, 0.2) is 24.3 Å². The minimum atomic E-state index is -0.0737. The first-order chi connectivity index (χ1) is 9.15. The van der Waals surface area contributed by atoms with Crippen molar-refractivity contribution in [3.63, 3.8) is 0 Å². The topological polar surface area (TPSA) is 29.3 Å².